The molecule has 1 fully saturated rings. The Morgan fingerprint density at radius 1 is 0.762 bits per heavy atom. The maximum Gasteiger partial charge on any atom is 0.0440 e. The molecule has 0 amide bonds. The van der Waals surface area contributed by atoms with Crippen LogP contribution in [0.2, 0.25) is 0 Å². The summed E-state index contributed by atoms with van der Waals surface area (Å²) in [5, 5.41) is 0. The van der Waals surface area contributed by atoms with Crippen molar-refractivity contribution >= 4 is 5.69 Å². The molecule has 1 nitrogen and oxygen atoms in total. The number of anilines is 1. The van der Waals surface area contributed by atoms with Crippen LogP contribution in [0.5, 0.6) is 0 Å². The van der Waals surface area contributed by atoms with Crippen molar-refractivity contribution in [3.8, 4) is 11.1 Å². The summed E-state index contributed by atoms with van der Waals surface area (Å²) >= 11 is 0. The first kappa shape index (κ1) is 14.2. The summed E-state index contributed by atoms with van der Waals surface area (Å²) in [6.45, 7) is 0. The molecule has 1 saturated carbocycles. The Morgan fingerprint density at radius 2 is 1.38 bits per heavy atom. The second-order valence-electron chi connectivity index (χ2n) is 6.33. The fourth-order valence-corrected chi connectivity index (χ4v) is 3.60. The average Bonchev–Trinajstić information content (AvgIpc) is 2.55. The van der Waals surface area contributed by atoms with Gasteiger partial charge < -0.3 is 4.90 Å². The molecule has 0 heterocycles. The van der Waals surface area contributed by atoms with Gasteiger partial charge in [0.1, 0.15) is 0 Å². The normalized spacial score (nSPS) is 15.9. The lowest BCUT2D eigenvalue weighted by Crippen LogP contribution is -2.11. The van der Waals surface area contributed by atoms with Crippen molar-refractivity contribution in [1.29, 1.82) is 0 Å². The minimum atomic E-state index is 0.741. The summed E-state index contributed by atoms with van der Waals surface area (Å²) in [4.78, 5) is 2.22. The van der Waals surface area contributed by atoms with E-state index in [2.05, 4.69) is 67.5 Å². The van der Waals surface area contributed by atoms with E-state index in [0.29, 0.717) is 0 Å². The Labute approximate surface area is 128 Å². The van der Waals surface area contributed by atoms with Crippen LogP contribution < -0.4 is 4.90 Å². The van der Waals surface area contributed by atoms with E-state index in [4.69, 9.17) is 0 Å². The SMILES string of the molecule is CN(C)c1ccccc1-c1ccccc1C1CCCCC1. The van der Waals surface area contributed by atoms with Crippen LogP contribution in [0.25, 0.3) is 11.1 Å². The Morgan fingerprint density at radius 3 is 2.10 bits per heavy atom. The van der Waals surface area contributed by atoms with Crippen molar-refractivity contribution in [2.45, 2.75) is 38.0 Å². The van der Waals surface area contributed by atoms with Crippen LogP contribution in [0.15, 0.2) is 48.5 Å². The first-order valence-electron chi connectivity index (χ1n) is 8.13. The summed E-state index contributed by atoms with van der Waals surface area (Å²) in [6, 6.07) is 17.8. The zero-order chi connectivity index (χ0) is 14.7. The molecule has 0 radical (unpaired) electrons. The predicted octanol–water partition coefficient (Wildman–Crippen LogP) is 5.47. The molecule has 1 heteroatoms. The minimum absolute atomic E-state index is 0.741. The highest BCUT2D eigenvalue weighted by Gasteiger charge is 2.19. The van der Waals surface area contributed by atoms with Crippen molar-refractivity contribution < 1.29 is 0 Å². The van der Waals surface area contributed by atoms with Gasteiger partial charge in [0.25, 0.3) is 0 Å². The fraction of sp³-hybridized carbons (Fsp3) is 0.400. The van der Waals surface area contributed by atoms with Crippen molar-refractivity contribution in [3.05, 3.63) is 54.1 Å². The van der Waals surface area contributed by atoms with E-state index in [1.54, 1.807) is 5.56 Å². The number of nitrogens with zero attached hydrogens (tertiary/aromatic N) is 1. The van der Waals surface area contributed by atoms with Gasteiger partial charge in [-0.05, 0) is 36.0 Å². The molecule has 0 spiro atoms. The lowest BCUT2D eigenvalue weighted by Gasteiger charge is -2.26. The standard InChI is InChI=1S/C20H25N/c1-21(2)20-15-9-8-14-19(20)18-13-7-6-12-17(18)16-10-4-3-5-11-16/h6-9,12-16H,3-5,10-11H2,1-2H3. The third-order valence-corrected chi connectivity index (χ3v) is 4.68. The molecule has 0 aromatic heterocycles. The molecule has 21 heavy (non-hydrogen) atoms. The van der Waals surface area contributed by atoms with Crippen LogP contribution in [0.1, 0.15) is 43.6 Å². The second-order valence-corrected chi connectivity index (χ2v) is 6.33. The summed E-state index contributed by atoms with van der Waals surface area (Å²) in [5.74, 6) is 0.741. The van der Waals surface area contributed by atoms with E-state index < -0.39 is 0 Å². The van der Waals surface area contributed by atoms with E-state index >= 15 is 0 Å². The topological polar surface area (TPSA) is 3.24 Å². The molecular weight excluding hydrogens is 254 g/mol. The highest BCUT2D eigenvalue weighted by Crippen LogP contribution is 2.40. The molecule has 3 rings (SSSR count). The van der Waals surface area contributed by atoms with Gasteiger partial charge in [0, 0.05) is 25.3 Å². The number of benzene rings is 2. The van der Waals surface area contributed by atoms with Crippen molar-refractivity contribution in [2.75, 3.05) is 19.0 Å². The molecule has 0 aliphatic heterocycles. The van der Waals surface area contributed by atoms with Crippen LogP contribution in [0.3, 0.4) is 0 Å². The molecule has 0 saturated heterocycles. The van der Waals surface area contributed by atoms with Gasteiger partial charge in [0.2, 0.25) is 0 Å². The van der Waals surface area contributed by atoms with Gasteiger partial charge in [-0.1, -0.05) is 61.7 Å². The summed E-state index contributed by atoms with van der Waals surface area (Å²) in [7, 11) is 4.25. The molecule has 110 valence electrons. The lowest BCUT2D eigenvalue weighted by atomic mass is 9.80. The quantitative estimate of drug-likeness (QED) is 0.720. The molecule has 0 bridgehead atoms. The van der Waals surface area contributed by atoms with Gasteiger partial charge in [-0.2, -0.15) is 0 Å². The van der Waals surface area contributed by atoms with Crippen LogP contribution in [-0.2, 0) is 0 Å². The lowest BCUT2D eigenvalue weighted by molar-refractivity contribution is 0.444. The van der Waals surface area contributed by atoms with Gasteiger partial charge in [0.05, 0.1) is 0 Å². The van der Waals surface area contributed by atoms with Crippen LogP contribution in [0.4, 0.5) is 5.69 Å². The monoisotopic (exact) mass is 279 g/mol. The van der Waals surface area contributed by atoms with Crippen molar-refractivity contribution in [3.63, 3.8) is 0 Å². The molecular formula is C20H25N. The van der Waals surface area contributed by atoms with E-state index in [-0.39, 0.29) is 0 Å². The van der Waals surface area contributed by atoms with Crippen LogP contribution >= 0.6 is 0 Å². The second kappa shape index (κ2) is 6.34. The Kier molecular flexibility index (Phi) is 4.28. The van der Waals surface area contributed by atoms with Gasteiger partial charge in [0.15, 0.2) is 0 Å². The average molecular weight is 279 g/mol. The fourth-order valence-electron chi connectivity index (χ4n) is 3.60. The van der Waals surface area contributed by atoms with E-state index in [1.807, 2.05) is 0 Å². The van der Waals surface area contributed by atoms with Gasteiger partial charge in [-0.15, -0.1) is 0 Å². The Bertz CT molecular complexity index is 594. The molecule has 0 atom stereocenters. The van der Waals surface area contributed by atoms with Gasteiger partial charge in [-0.25, -0.2) is 0 Å². The first-order chi connectivity index (χ1) is 10.3. The van der Waals surface area contributed by atoms with E-state index in [1.165, 1.54) is 48.9 Å². The summed E-state index contributed by atoms with van der Waals surface area (Å²) < 4.78 is 0. The molecule has 2 aromatic rings. The molecule has 2 aromatic carbocycles. The first-order valence-corrected chi connectivity index (χ1v) is 8.13. The van der Waals surface area contributed by atoms with Crippen molar-refractivity contribution in [2.24, 2.45) is 0 Å². The third kappa shape index (κ3) is 2.97. The Hall–Kier alpha value is -1.76. The molecule has 1 aliphatic rings. The maximum absolute atomic E-state index is 2.35. The van der Waals surface area contributed by atoms with E-state index in [9.17, 15) is 0 Å². The number of para-hydroxylation sites is 1. The minimum Gasteiger partial charge on any atom is -0.377 e. The van der Waals surface area contributed by atoms with Gasteiger partial charge in [-0.3, -0.25) is 0 Å². The highest BCUT2D eigenvalue weighted by molar-refractivity contribution is 5.80. The molecule has 0 unspecified atom stereocenters. The van der Waals surface area contributed by atoms with Crippen LogP contribution in [0, 0.1) is 0 Å². The highest BCUT2D eigenvalue weighted by atomic mass is 15.1. The van der Waals surface area contributed by atoms with E-state index in [0.717, 1.165) is 5.92 Å². The number of rotatable bonds is 3. The maximum atomic E-state index is 2.35. The zero-order valence-corrected chi connectivity index (χ0v) is 13.2. The summed E-state index contributed by atoms with van der Waals surface area (Å²) in [6.07, 6.45) is 6.87. The number of hydrogen-bond donors (Lipinski definition) is 0. The largest absolute Gasteiger partial charge is 0.377 e. The smallest absolute Gasteiger partial charge is 0.0440 e. The molecule has 0 N–H and O–H groups in total. The third-order valence-electron chi connectivity index (χ3n) is 4.68. The number of hydrogen-bond acceptors (Lipinski definition) is 1. The predicted molar refractivity (Wildman–Crippen MR) is 92.0 cm³/mol. The molecule has 1 aliphatic carbocycles. The van der Waals surface area contributed by atoms with Crippen molar-refractivity contribution in [1.82, 2.24) is 0 Å². The van der Waals surface area contributed by atoms with Gasteiger partial charge >= 0.3 is 0 Å². The Balaban J connectivity index is 2.07. The summed E-state index contributed by atoms with van der Waals surface area (Å²) in [5.41, 5.74) is 5.64. The zero-order valence-electron chi connectivity index (χ0n) is 13.2. The van der Waals surface area contributed by atoms with Crippen LogP contribution in [-0.4, -0.2) is 14.1 Å².